The van der Waals surface area contributed by atoms with E-state index in [4.69, 9.17) is 15.0 Å². The Balaban J connectivity index is 1.74. The molecule has 3 rings (SSSR count). The normalized spacial score (nSPS) is 16.9. The first-order valence-electron chi connectivity index (χ1n) is 6.73. The standard InChI is InChI=1S/C14H19N3O2/c1-9-6-11(7-12-13(9)14(15)17-19-12)18-8-10-2-4-16-5-3-10/h6-7,10,16H,2-5,8H2,1H3,(H2,15,17). The number of benzene rings is 1. The molecule has 1 aliphatic heterocycles. The van der Waals surface area contributed by atoms with Crippen LogP contribution in [0.4, 0.5) is 5.82 Å². The highest BCUT2D eigenvalue weighted by Gasteiger charge is 2.15. The van der Waals surface area contributed by atoms with E-state index in [1.165, 1.54) is 12.8 Å². The topological polar surface area (TPSA) is 73.3 Å². The van der Waals surface area contributed by atoms with E-state index in [0.717, 1.165) is 36.4 Å². The second kappa shape index (κ2) is 5.09. The van der Waals surface area contributed by atoms with Gasteiger partial charge in [0.1, 0.15) is 5.75 Å². The quantitative estimate of drug-likeness (QED) is 0.885. The first-order valence-corrected chi connectivity index (χ1v) is 6.73. The summed E-state index contributed by atoms with van der Waals surface area (Å²) >= 11 is 0. The number of nitrogens with one attached hydrogen (secondary N) is 1. The van der Waals surface area contributed by atoms with Crippen LogP contribution in [0.1, 0.15) is 18.4 Å². The van der Waals surface area contributed by atoms with Crippen molar-refractivity contribution >= 4 is 16.8 Å². The molecule has 0 unspecified atom stereocenters. The number of anilines is 1. The highest BCUT2D eigenvalue weighted by molar-refractivity contribution is 5.90. The van der Waals surface area contributed by atoms with Crippen molar-refractivity contribution in [1.82, 2.24) is 10.5 Å². The van der Waals surface area contributed by atoms with Crippen molar-refractivity contribution < 1.29 is 9.26 Å². The first kappa shape index (κ1) is 12.3. The molecule has 1 aromatic carbocycles. The molecule has 5 nitrogen and oxygen atoms in total. The Morgan fingerprint density at radius 2 is 2.21 bits per heavy atom. The monoisotopic (exact) mass is 261 g/mol. The minimum atomic E-state index is 0.442. The molecule has 2 heterocycles. The molecule has 1 saturated heterocycles. The molecule has 19 heavy (non-hydrogen) atoms. The summed E-state index contributed by atoms with van der Waals surface area (Å²) in [6.07, 6.45) is 2.35. The summed E-state index contributed by atoms with van der Waals surface area (Å²) in [6.45, 7) is 4.93. The summed E-state index contributed by atoms with van der Waals surface area (Å²) in [7, 11) is 0. The van der Waals surface area contributed by atoms with Crippen LogP contribution in [0.15, 0.2) is 16.7 Å². The predicted octanol–water partition coefficient (Wildman–Crippen LogP) is 2.10. The third kappa shape index (κ3) is 2.51. The molecule has 2 aromatic rings. The van der Waals surface area contributed by atoms with Crippen LogP contribution in [0.25, 0.3) is 11.0 Å². The van der Waals surface area contributed by atoms with Gasteiger partial charge in [-0.05, 0) is 50.4 Å². The van der Waals surface area contributed by atoms with Crippen LogP contribution in [0.2, 0.25) is 0 Å². The molecule has 5 heteroatoms. The van der Waals surface area contributed by atoms with Gasteiger partial charge < -0.3 is 20.3 Å². The molecule has 0 amide bonds. The fraction of sp³-hybridized carbons (Fsp3) is 0.500. The van der Waals surface area contributed by atoms with Gasteiger partial charge in [-0.25, -0.2) is 0 Å². The lowest BCUT2D eigenvalue weighted by Gasteiger charge is -2.22. The van der Waals surface area contributed by atoms with Crippen LogP contribution in [0.5, 0.6) is 5.75 Å². The second-order valence-corrected chi connectivity index (χ2v) is 5.19. The van der Waals surface area contributed by atoms with Gasteiger partial charge in [0, 0.05) is 6.07 Å². The van der Waals surface area contributed by atoms with E-state index in [2.05, 4.69) is 10.5 Å². The van der Waals surface area contributed by atoms with Gasteiger partial charge in [0.2, 0.25) is 0 Å². The van der Waals surface area contributed by atoms with Gasteiger partial charge in [-0.1, -0.05) is 5.16 Å². The van der Waals surface area contributed by atoms with Crippen LogP contribution in [-0.4, -0.2) is 24.9 Å². The predicted molar refractivity (Wildman–Crippen MR) is 74.2 cm³/mol. The molecule has 1 aliphatic rings. The number of aryl methyl sites for hydroxylation is 1. The number of nitrogens with two attached hydrogens (primary N) is 1. The lowest BCUT2D eigenvalue weighted by molar-refractivity contribution is 0.215. The lowest BCUT2D eigenvalue weighted by atomic mass is 9.99. The summed E-state index contributed by atoms with van der Waals surface area (Å²) in [5.74, 6) is 1.91. The number of nitrogens with zero attached hydrogens (tertiary/aromatic N) is 1. The number of nitrogen functional groups attached to an aromatic ring is 1. The Kier molecular flexibility index (Phi) is 3.29. The largest absolute Gasteiger partial charge is 0.493 e. The van der Waals surface area contributed by atoms with E-state index in [1.54, 1.807) is 0 Å². The zero-order chi connectivity index (χ0) is 13.2. The van der Waals surface area contributed by atoms with Gasteiger partial charge in [0.25, 0.3) is 0 Å². The number of rotatable bonds is 3. The minimum Gasteiger partial charge on any atom is -0.493 e. The second-order valence-electron chi connectivity index (χ2n) is 5.19. The maximum Gasteiger partial charge on any atom is 0.175 e. The fourth-order valence-corrected chi connectivity index (χ4v) is 2.61. The molecule has 3 N–H and O–H groups in total. The highest BCUT2D eigenvalue weighted by atomic mass is 16.5. The Morgan fingerprint density at radius 1 is 1.42 bits per heavy atom. The van der Waals surface area contributed by atoms with Gasteiger partial charge in [0.15, 0.2) is 11.4 Å². The van der Waals surface area contributed by atoms with Crippen molar-refractivity contribution in [2.45, 2.75) is 19.8 Å². The maximum absolute atomic E-state index is 5.89. The van der Waals surface area contributed by atoms with E-state index in [9.17, 15) is 0 Å². The number of hydrogen-bond acceptors (Lipinski definition) is 5. The van der Waals surface area contributed by atoms with Gasteiger partial charge in [-0.3, -0.25) is 0 Å². The third-order valence-corrected chi connectivity index (χ3v) is 3.72. The molecule has 0 saturated carbocycles. The van der Waals surface area contributed by atoms with E-state index in [0.29, 0.717) is 17.3 Å². The van der Waals surface area contributed by atoms with Crippen molar-refractivity contribution in [3.8, 4) is 5.75 Å². The number of aromatic nitrogens is 1. The van der Waals surface area contributed by atoms with Crippen molar-refractivity contribution in [2.75, 3.05) is 25.4 Å². The van der Waals surface area contributed by atoms with Crippen LogP contribution in [0.3, 0.4) is 0 Å². The molecule has 102 valence electrons. The molecule has 0 bridgehead atoms. The SMILES string of the molecule is Cc1cc(OCC2CCNCC2)cc2onc(N)c12. The molecule has 0 radical (unpaired) electrons. The molecule has 1 aromatic heterocycles. The van der Waals surface area contributed by atoms with E-state index in [-0.39, 0.29) is 0 Å². The Labute approximate surface area is 112 Å². The van der Waals surface area contributed by atoms with Gasteiger partial charge in [0.05, 0.1) is 12.0 Å². The van der Waals surface area contributed by atoms with Crippen LogP contribution >= 0.6 is 0 Å². The van der Waals surface area contributed by atoms with Crippen LogP contribution in [0, 0.1) is 12.8 Å². The average Bonchev–Trinajstić information content (AvgIpc) is 2.80. The first-order chi connectivity index (χ1) is 9.24. The van der Waals surface area contributed by atoms with Crippen LogP contribution < -0.4 is 15.8 Å². The molecular weight excluding hydrogens is 242 g/mol. The van der Waals surface area contributed by atoms with E-state index < -0.39 is 0 Å². The number of piperidine rings is 1. The van der Waals surface area contributed by atoms with Crippen molar-refractivity contribution in [1.29, 1.82) is 0 Å². The van der Waals surface area contributed by atoms with Crippen LogP contribution in [-0.2, 0) is 0 Å². The molecule has 0 aliphatic carbocycles. The van der Waals surface area contributed by atoms with Gasteiger partial charge in [-0.15, -0.1) is 0 Å². The Morgan fingerprint density at radius 3 is 3.00 bits per heavy atom. The van der Waals surface area contributed by atoms with E-state index in [1.807, 2.05) is 19.1 Å². The highest BCUT2D eigenvalue weighted by Crippen LogP contribution is 2.29. The van der Waals surface area contributed by atoms with Crippen molar-refractivity contribution in [3.63, 3.8) is 0 Å². The van der Waals surface area contributed by atoms with Gasteiger partial charge >= 0.3 is 0 Å². The Hall–Kier alpha value is -1.75. The number of hydrogen-bond donors (Lipinski definition) is 2. The smallest absolute Gasteiger partial charge is 0.175 e. The minimum absolute atomic E-state index is 0.442. The molecule has 0 spiro atoms. The zero-order valence-electron chi connectivity index (χ0n) is 11.1. The fourth-order valence-electron chi connectivity index (χ4n) is 2.61. The summed E-state index contributed by atoms with van der Waals surface area (Å²) in [5, 5.41) is 8.03. The maximum atomic E-state index is 5.89. The zero-order valence-corrected chi connectivity index (χ0v) is 11.1. The average molecular weight is 261 g/mol. The van der Waals surface area contributed by atoms with Crippen molar-refractivity contribution in [2.24, 2.45) is 5.92 Å². The van der Waals surface area contributed by atoms with Crippen molar-refractivity contribution in [3.05, 3.63) is 17.7 Å². The summed E-state index contributed by atoms with van der Waals surface area (Å²) in [5.41, 5.74) is 7.50. The molecular formula is C14H19N3O2. The molecule has 1 fully saturated rings. The summed E-state index contributed by atoms with van der Waals surface area (Å²) in [6, 6.07) is 3.86. The summed E-state index contributed by atoms with van der Waals surface area (Å²) in [4.78, 5) is 0. The van der Waals surface area contributed by atoms with E-state index >= 15 is 0 Å². The lowest BCUT2D eigenvalue weighted by Crippen LogP contribution is -2.30. The van der Waals surface area contributed by atoms with Gasteiger partial charge in [-0.2, -0.15) is 0 Å². The Bertz CT molecular complexity index is 573. The number of ether oxygens (including phenoxy) is 1. The molecule has 0 atom stereocenters. The summed E-state index contributed by atoms with van der Waals surface area (Å²) < 4.78 is 11.1. The third-order valence-electron chi connectivity index (χ3n) is 3.72. The number of fused-ring (bicyclic) bond motifs is 1.